The SMILES string of the molecule is O=C(Cc1cccc2ccccc12)NCCc1ccoc1. The minimum absolute atomic E-state index is 0.0508. The summed E-state index contributed by atoms with van der Waals surface area (Å²) >= 11 is 0. The van der Waals surface area contributed by atoms with Crippen LogP contribution in [-0.2, 0) is 17.6 Å². The number of amides is 1. The highest BCUT2D eigenvalue weighted by Crippen LogP contribution is 2.18. The first-order valence-corrected chi connectivity index (χ1v) is 7.07. The smallest absolute Gasteiger partial charge is 0.224 e. The van der Waals surface area contributed by atoms with Gasteiger partial charge in [-0.15, -0.1) is 0 Å². The van der Waals surface area contributed by atoms with Crippen molar-refractivity contribution < 1.29 is 9.21 Å². The second-order valence-corrected chi connectivity index (χ2v) is 5.05. The summed E-state index contributed by atoms with van der Waals surface area (Å²) in [6.07, 6.45) is 4.55. The van der Waals surface area contributed by atoms with Gasteiger partial charge in [-0.3, -0.25) is 4.79 Å². The Kier molecular flexibility index (Phi) is 4.01. The zero-order valence-corrected chi connectivity index (χ0v) is 11.7. The Balaban J connectivity index is 1.61. The number of carbonyl (C=O) groups excluding carboxylic acids is 1. The highest BCUT2D eigenvalue weighted by molar-refractivity contribution is 5.90. The molecule has 0 unspecified atom stereocenters. The number of furan rings is 1. The molecule has 0 atom stereocenters. The van der Waals surface area contributed by atoms with Gasteiger partial charge in [-0.2, -0.15) is 0 Å². The average molecular weight is 279 g/mol. The summed E-state index contributed by atoms with van der Waals surface area (Å²) in [6.45, 7) is 0.628. The van der Waals surface area contributed by atoms with E-state index in [2.05, 4.69) is 23.5 Å². The Morgan fingerprint density at radius 3 is 2.76 bits per heavy atom. The number of fused-ring (bicyclic) bond motifs is 1. The van der Waals surface area contributed by atoms with E-state index >= 15 is 0 Å². The molecule has 3 nitrogen and oxygen atoms in total. The Hall–Kier alpha value is -2.55. The van der Waals surface area contributed by atoms with E-state index < -0.39 is 0 Å². The predicted octanol–water partition coefficient (Wildman–Crippen LogP) is 3.33. The van der Waals surface area contributed by atoms with E-state index in [0.717, 1.165) is 22.9 Å². The number of rotatable bonds is 5. The maximum Gasteiger partial charge on any atom is 0.224 e. The molecular weight excluding hydrogens is 262 g/mol. The fourth-order valence-corrected chi connectivity index (χ4v) is 2.46. The molecule has 3 rings (SSSR count). The lowest BCUT2D eigenvalue weighted by atomic mass is 10.0. The highest BCUT2D eigenvalue weighted by atomic mass is 16.3. The second kappa shape index (κ2) is 6.27. The van der Waals surface area contributed by atoms with Crippen molar-refractivity contribution in [1.82, 2.24) is 5.32 Å². The predicted molar refractivity (Wildman–Crippen MR) is 83.1 cm³/mol. The Labute approximate surface area is 123 Å². The molecule has 0 aliphatic rings. The van der Waals surface area contributed by atoms with E-state index in [-0.39, 0.29) is 5.91 Å². The van der Waals surface area contributed by atoms with Crippen molar-refractivity contribution in [3.63, 3.8) is 0 Å². The summed E-state index contributed by atoms with van der Waals surface area (Å²) in [5.74, 6) is 0.0508. The van der Waals surface area contributed by atoms with Gasteiger partial charge >= 0.3 is 0 Å². The molecule has 0 aliphatic heterocycles. The van der Waals surface area contributed by atoms with Crippen molar-refractivity contribution in [2.75, 3.05) is 6.54 Å². The third-order valence-electron chi connectivity index (χ3n) is 3.55. The van der Waals surface area contributed by atoms with E-state index in [4.69, 9.17) is 4.42 Å². The molecule has 1 heterocycles. The van der Waals surface area contributed by atoms with E-state index in [9.17, 15) is 4.79 Å². The van der Waals surface area contributed by atoms with Crippen LogP contribution in [0.25, 0.3) is 10.8 Å². The van der Waals surface area contributed by atoms with Crippen molar-refractivity contribution >= 4 is 16.7 Å². The molecule has 0 radical (unpaired) electrons. The summed E-state index contributed by atoms with van der Waals surface area (Å²) in [5.41, 5.74) is 2.16. The van der Waals surface area contributed by atoms with E-state index in [1.807, 2.05) is 30.3 Å². The lowest BCUT2D eigenvalue weighted by Gasteiger charge is -2.07. The largest absolute Gasteiger partial charge is 0.472 e. The first kappa shape index (κ1) is 13.4. The van der Waals surface area contributed by atoms with Gasteiger partial charge in [0.2, 0.25) is 5.91 Å². The van der Waals surface area contributed by atoms with Crippen molar-refractivity contribution in [2.24, 2.45) is 0 Å². The van der Waals surface area contributed by atoms with Crippen LogP contribution in [-0.4, -0.2) is 12.5 Å². The first-order valence-electron chi connectivity index (χ1n) is 7.07. The van der Waals surface area contributed by atoms with Crippen LogP contribution in [0.15, 0.2) is 65.5 Å². The summed E-state index contributed by atoms with van der Waals surface area (Å²) in [6, 6.07) is 16.1. The van der Waals surface area contributed by atoms with Crippen LogP contribution in [0.1, 0.15) is 11.1 Å². The van der Waals surface area contributed by atoms with Crippen LogP contribution >= 0.6 is 0 Å². The van der Waals surface area contributed by atoms with E-state index in [0.29, 0.717) is 13.0 Å². The summed E-state index contributed by atoms with van der Waals surface area (Å²) in [4.78, 5) is 12.1. The molecule has 0 saturated carbocycles. The molecule has 0 bridgehead atoms. The van der Waals surface area contributed by atoms with Gasteiger partial charge in [0.15, 0.2) is 0 Å². The molecule has 1 N–H and O–H groups in total. The Morgan fingerprint density at radius 2 is 1.90 bits per heavy atom. The standard InChI is InChI=1S/C18H17NO2/c20-18(19-10-8-14-9-11-21-13-14)12-16-6-3-5-15-4-1-2-7-17(15)16/h1-7,9,11,13H,8,10,12H2,(H,19,20). The number of benzene rings is 2. The van der Waals surface area contributed by atoms with Gasteiger partial charge in [0.05, 0.1) is 18.9 Å². The van der Waals surface area contributed by atoms with Crippen LogP contribution in [0.3, 0.4) is 0 Å². The highest BCUT2D eigenvalue weighted by Gasteiger charge is 2.06. The molecule has 106 valence electrons. The number of hydrogen-bond donors (Lipinski definition) is 1. The molecule has 2 aromatic carbocycles. The summed E-state index contributed by atoms with van der Waals surface area (Å²) in [5, 5.41) is 5.26. The Bertz CT molecular complexity index is 727. The topological polar surface area (TPSA) is 42.2 Å². The zero-order chi connectivity index (χ0) is 14.5. The van der Waals surface area contributed by atoms with Gasteiger partial charge in [0, 0.05) is 6.54 Å². The lowest BCUT2D eigenvalue weighted by molar-refractivity contribution is -0.120. The third kappa shape index (κ3) is 3.31. The van der Waals surface area contributed by atoms with E-state index in [1.54, 1.807) is 12.5 Å². The minimum Gasteiger partial charge on any atom is -0.472 e. The van der Waals surface area contributed by atoms with Gasteiger partial charge in [-0.25, -0.2) is 0 Å². The summed E-state index contributed by atoms with van der Waals surface area (Å²) < 4.78 is 5.00. The molecule has 21 heavy (non-hydrogen) atoms. The van der Waals surface area contributed by atoms with Crippen LogP contribution in [0, 0.1) is 0 Å². The summed E-state index contributed by atoms with van der Waals surface area (Å²) in [7, 11) is 0. The maximum atomic E-state index is 12.1. The number of nitrogens with one attached hydrogen (secondary N) is 1. The fraction of sp³-hybridized carbons (Fsp3) is 0.167. The first-order chi connectivity index (χ1) is 10.3. The molecule has 0 aliphatic carbocycles. The van der Waals surface area contributed by atoms with E-state index in [1.165, 1.54) is 5.39 Å². The van der Waals surface area contributed by atoms with Gasteiger partial charge in [0.25, 0.3) is 0 Å². The quantitative estimate of drug-likeness (QED) is 0.778. The van der Waals surface area contributed by atoms with Gasteiger partial charge in [-0.1, -0.05) is 42.5 Å². The molecule has 1 aromatic heterocycles. The zero-order valence-electron chi connectivity index (χ0n) is 11.7. The van der Waals surface area contributed by atoms with Crippen molar-refractivity contribution in [2.45, 2.75) is 12.8 Å². The fourth-order valence-electron chi connectivity index (χ4n) is 2.46. The average Bonchev–Trinajstić information content (AvgIpc) is 3.01. The third-order valence-corrected chi connectivity index (χ3v) is 3.55. The normalized spacial score (nSPS) is 10.7. The number of carbonyl (C=O) groups is 1. The van der Waals surface area contributed by atoms with Crippen LogP contribution in [0.2, 0.25) is 0 Å². The molecule has 3 heteroatoms. The molecule has 0 spiro atoms. The molecule has 3 aromatic rings. The van der Waals surface area contributed by atoms with Crippen LogP contribution in [0.5, 0.6) is 0 Å². The monoisotopic (exact) mass is 279 g/mol. The molecular formula is C18H17NO2. The van der Waals surface area contributed by atoms with Crippen molar-refractivity contribution in [3.05, 3.63) is 72.2 Å². The van der Waals surface area contributed by atoms with Crippen molar-refractivity contribution in [1.29, 1.82) is 0 Å². The van der Waals surface area contributed by atoms with Gasteiger partial charge < -0.3 is 9.73 Å². The van der Waals surface area contributed by atoms with Gasteiger partial charge in [-0.05, 0) is 34.4 Å². The Morgan fingerprint density at radius 1 is 1.05 bits per heavy atom. The maximum absolute atomic E-state index is 12.1. The van der Waals surface area contributed by atoms with Crippen LogP contribution in [0.4, 0.5) is 0 Å². The van der Waals surface area contributed by atoms with Crippen molar-refractivity contribution in [3.8, 4) is 0 Å². The second-order valence-electron chi connectivity index (χ2n) is 5.05. The minimum atomic E-state index is 0.0508. The number of hydrogen-bond acceptors (Lipinski definition) is 2. The van der Waals surface area contributed by atoms with Crippen LogP contribution < -0.4 is 5.32 Å². The molecule has 0 fully saturated rings. The lowest BCUT2D eigenvalue weighted by Crippen LogP contribution is -2.27. The molecule has 1 amide bonds. The molecule has 0 saturated heterocycles. The van der Waals surface area contributed by atoms with Gasteiger partial charge in [0.1, 0.15) is 0 Å².